The van der Waals surface area contributed by atoms with Crippen molar-refractivity contribution in [1.82, 2.24) is 15.7 Å². The minimum atomic E-state index is -4.65. The van der Waals surface area contributed by atoms with Gasteiger partial charge in [0.2, 0.25) is 11.8 Å². The van der Waals surface area contributed by atoms with Crippen LogP contribution in [0.2, 0.25) is 0 Å². The van der Waals surface area contributed by atoms with Crippen molar-refractivity contribution in [2.45, 2.75) is 140 Å². The molecule has 55 heavy (non-hydrogen) atoms. The summed E-state index contributed by atoms with van der Waals surface area (Å²) in [5.74, 6) is -4.34. The summed E-state index contributed by atoms with van der Waals surface area (Å²) in [7, 11) is 0. The molecule has 2 bridgehead atoms. The lowest BCUT2D eigenvalue weighted by Gasteiger charge is -2.49. The highest BCUT2D eigenvalue weighted by Crippen LogP contribution is 2.58. The molecule has 3 heterocycles. The zero-order chi connectivity index (χ0) is 40.0. The van der Waals surface area contributed by atoms with Crippen LogP contribution in [0.25, 0.3) is 6.08 Å². The highest BCUT2D eigenvalue weighted by atomic mass is 19.4. The third-order valence-corrected chi connectivity index (χ3v) is 10.6. The van der Waals surface area contributed by atoms with Gasteiger partial charge in [-0.15, -0.1) is 0 Å². The Bertz CT molecular complexity index is 1530. The molecule has 14 nitrogen and oxygen atoms in total. The maximum Gasteiger partial charge on any atom is 0.422 e. The molecular formula is C38H52F3N3O11. The second-order valence-electron chi connectivity index (χ2n) is 14.7. The molecule has 17 heteroatoms. The molecule has 1 saturated carbocycles. The number of hydrogen-bond acceptors (Lipinski definition) is 12. The fourth-order valence-corrected chi connectivity index (χ4v) is 7.95. The molecule has 2 amide bonds. The summed E-state index contributed by atoms with van der Waals surface area (Å²) in [6.07, 6.45) is -0.655. The van der Waals surface area contributed by atoms with E-state index in [0.717, 1.165) is 44.6 Å². The second kappa shape index (κ2) is 18.1. The second-order valence-corrected chi connectivity index (χ2v) is 14.7. The number of ether oxygens (including phenoxy) is 4. The number of aliphatic hydroxyl groups excluding tert-OH is 2. The van der Waals surface area contributed by atoms with Crippen LogP contribution in [0.4, 0.5) is 13.2 Å². The van der Waals surface area contributed by atoms with Crippen LogP contribution in [0, 0.1) is 5.41 Å². The van der Waals surface area contributed by atoms with E-state index in [1.54, 1.807) is 24.3 Å². The van der Waals surface area contributed by atoms with E-state index in [0.29, 0.717) is 24.0 Å². The van der Waals surface area contributed by atoms with Crippen molar-refractivity contribution in [1.29, 1.82) is 0 Å². The topological polar surface area (TPSA) is 182 Å². The number of benzene rings is 1. The minimum absolute atomic E-state index is 0.0140. The summed E-state index contributed by atoms with van der Waals surface area (Å²) in [5, 5.41) is 26.3. The van der Waals surface area contributed by atoms with Crippen LogP contribution in [0.5, 0.6) is 0 Å². The summed E-state index contributed by atoms with van der Waals surface area (Å²) in [5.41, 5.74) is -0.554. The largest absolute Gasteiger partial charge is 0.458 e. The number of nitrogens with zero attached hydrogens (tertiary/aromatic N) is 1. The lowest BCUT2D eigenvalue weighted by molar-refractivity contribution is -0.224. The molecule has 3 aliphatic heterocycles. The van der Waals surface area contributed by atoms with Crippen molar-refractivity contribution >= 4 is 29.8 Å². The van der Waals surface area contributed by atoms with Gasteiger partial charge in [-0.3, -0.25) is 19.2 Å². The number of nitrogens with one attached hydrogen (secondary N) is 2. The van der Waals surface area contributed by atoms with Crippen molar-refractivity contribution < 1.29 is 66.3 Å². The van der Waals surface area contributed by atoms with Crippen LogP contribution >= 0.6 is 0 Å². The van der Waals surface area contributed by atoms with Crippen LogP contribution in [-0.4, -0.2) is 113 Å². The van der Waals surface area contributed by atoms with Gasteiger partial charge in [0, 0.05) is 31.9 Å². The Morgan fingerprint density at radius 3 is 2.31 bits per heavy atom. The Morgan fingerprint density at radius 1 is 1.05 bits per heavy atom. The predicted octanol–water partition coefficient (Wildman–Crippen LogP) is 3.22. The Morgan fingerprint density at radius 2 is 1.71 bits per heavy atom. The van der Waals surface area contributed by atoms with Crippen LogP contribution in [0.3, 0.4) is 0 Å². The van der Waals surface area contributed by atoms with E-state index in [1.807, 2.05) is 0 Å². The number of carbonyl (C=O) groups excluding carboxylic acids is 4. The molecule has 5 rings (SSSR count). The molecule has 4 aliphatic rings. The SMILES string of the molecule is CCCCCC1(CCCCC)O[C@@H]2[C@H](O1)[C@H]1ON(Cc3ccc(C=CC(=O)OCC(F)(F)F)cc3)[C@@H]3C(=O)O[C@@H]2C[C@]13C(=O)N[C@@H](C(=O)NCCO)[C@H](C)O. The van der Waals surface area contributed by atoms with Crippen molar-refractivity contribution in [2.24, 2.45) is 5.41 Å². The molecule has 0 aromatic heterocycles. The first kappa shape index (κ1) is 42.5. The summed E-state index contributed by atoms with van der Waals surface area (Å²) < 4.78 is 61.0. The molecule has 0 spiro atoms. The molecular weight excluding hydrogens is 731 g/mol. The maximum atomic E-state index is 14.7. The molecule has 0 radical (unpaired) electrons. The third-order valence-electron chi connectivity index (χ3n) is 10.6. The van der Waals surface area contributed by atoms with Gasteiger partial charge in [0.1, 0.15) is 35.9 Å². The number of esters is 2. The Labute approximate surface area is 318 Å². The van der Waals surface area contributed by atoms with Gasteiger partial charge >= 0.3 is 18.1 Å². The molecule has 8 atom stereocenters. The van der Waals surface area contributed by atoms with Gasteiger partial charge in [0.05, 0.1) is 19.3 Å². The van der Waals surface area contributed by atoms with E-state index in [9.17, 15) is 42.6 Å². The first-order chi connectivity index (χ1) is 26.2. The molecule has 4 fully saturated rings. The molecule has 306 valence electrons. The van der Waals surface area contributed by atoms with Gasteiger partial charge in [-0.2, -0.15) is 18.2 Å². The van der Waals surface area contributed by atoms with E-state index in [4.69, 9.17) is 19.0 Å². The molecule has 1 aliphatic carbocycles. The number of hydroxylamine groups is 2. The first-order valence-electron chi connectivity index (χ1n) is 19.0. The van der Waals surface area contributed by atoms with E-state index in [2.05, 4.69) is 29.2 Å². The number of alkyl halides is 3. The molecule has 4 N–H and O–H groups in total. The van der Waals surface area contributed by atoms with Gasteiger partial charge in [-0.05, 0) is 37.0 Å². The maximum absolute atomic E-state index is 14.7. The smallest absolute Gasteiger partial charge is 0.422 e. The average Bonchev–Trinajstić information content (AvgIpc) is 3.69. The normalized spacial score (nSPS) is 28.0. The van der Waals surface area contributed by atoms with Gasteiger partial charge in [0.15, 0.2) is 18.4 Å². The van der Waals surface area contributed by atoms with Crippen molar-refractivity contribution in [2.75, 3.05) is 19.8 Å². The monoisotopic (exact) mass is 783 g/mol. The van der Waals surface area contributed by atoms with Crippen LogP contribution in [0.15, 0.2) is 30.3 Å². The van der Waals surface area contributed by atoms with Crippen molar-refractivity contribution in [3.05, 3.63) is 41.5 Å². The van der Waals surface area contributed by atoms with Gasteiger partial charge in [0.25, 0.3) is 0 Å². The van der Waals surface area contributed by atoms with E-state index >= 15 is 0 Å². The minimum Gasteiger partial charge on any atom is -0.458 e. The van der Waals surface area contributed by atoms with Crippen LogP contribution < -0.4 is 10.6 Å². The summed E-state index contributed by atoms with van der Waals surface area (Å²) in [4.78, 5) is 60.1. The average molecular weight is 784 g/mol. The Hall–Kier alpha value is -3.61. The number of carbonyl (C=O) groups is 4. The number of fused-ring (bicyclic) bond motifs is 4. The standard InChI is InChI=1S/C38H52F3N3O11/c1-4-6-8-16-36(17-9-7-5-2)53-29-26-20-37(35(50)43-28(23(3)46)33(48)42-18-19-45)31(34(49)52-26)44(55-32(37)30(29)54-36)21-25-12-10-24(11-13-25)14-15-27(47)51-22-38(39,40)41/h10-15,23,26,28-32,45-46H,4-9,16-22H2,1-3H3,(H,42,48)(H,43,50)/t23-,26+,28+,29-,30-,31+,32+,37+/m0/s1. The lowest BCUT2D eigenvalue weighted by Crippen LogP contribution is -2.71. The number of aliphatic hydroxyl groups is 2. The fourth-order valence-electron chi connectivity index (χ4n) is 7.95. The summed E-state index contributed by atoms with van der Waals surface area (Å²) >= 11 is 0. The fraction of sp³-hybridized carbons (Fsp3) is 0.684. The van der Waals surface area contributed by atoms with Crippen molar-refractivity contribution in [3.63, 3.8) is 0 Å². The highest BCUT2D eigenvalue weighted by Gasteiger charge is 2.76. The summed E-state index contributed by atoms with van der Waals surface area (Å²) in [6, 6.07) is 3.81. The predicted molar refractivity (Wildman–Crippen MR) is 188 cm³/mol. The van der Waals surface area contributed by atoms with E-state index in [1.165, 1.54) is 18.1 Å². The summed E-state index contributed by atoms with van der Waals surface area (Å²) in [6.45, 7) is 3.33. The molecule has 0 unspecified atom stereocenters. The third kappa shape index (κ3) is 9.68. The highest BCUT2D eigenvalue weighted by molar-refractivity contribution is 5.96. The van der Waals surface area contributed by atoms with E-state index < -0.39 is 90.3 Å². The van der Waals surface area contributed by atoms with Gasteiger partial charge < -0.3 is 39.8 Å². The van der Waals surface area contributed by atoms with Gasteiger partial charge in [-0.1, -0.05) is 63.8 Å². The van der Waals surface area contributed by atoms with Crippen molar-refractivity contribution in [3.8, 4) is 0 Å². The van der Waals surface area contributed by atoms with E-state index in [-0.39, 0.29) is 26.1 Å². The number of halogens is 3. The quantitative estimate of drug-likeness (QED) is 0.0916. The zero-order valence-corrected chi connectivity index (χ0v) is 31.3. The number of rotatable bonds is 19. The number of hydrogen-bond donors (Lipinski definition) is 4. The lowest BCUT2D eigenvalue weighted by atomic mass is 9.62. The molecule has 3 saturated heterocycles. The van der Waals surface area contributed by atoms with Gasteiger partial charge in [-0.25, -0.2) is 4.79 Å². The number of amides is 2. The zero-order valence-electron chi connectivity index (χ0n) is 31.3. The van der Waals surface area contributed by atoms with Crippen LogP contribution in [-0.2, 0) is 49.5 Å². The first-order valence-corrected chi connectivity index (χ1v) is 19.0. The number of unbranched alkanes of at least 4 members (excludes halogenated alkanes) is 4. The molecule has 1 aromatic carbocycles. The Kier molecular flexibility index (Phi) is 14.0. The molecule has 1 aromatic rings. The Balaban J connectivity index is 1.45. The van der Waals surface area contributed by atoms with Crippen LogP contribution in [0.1, 0.15) is 89.7 Å².